The number of carbonyl (C=O) groups excluding carboxylic acids is 1. The van der Waals surface area contributed by atoms with Gasteiger partial charge in [0.05, 0.1) is 6.61 Å². The lowest BCUT2D eigenvalue weighted by molar-refractivity contribution is -0.133. The summed E-state index contributed by atoms with van der Waals surface area (Å²) in [7, 11) is 0. The fourth-order valence-electron chi connectivity index (χ4n) is 4.63. The van der Waals surface area contributed by atoms with Crippen LogP contribution in [-0.4, -0.2) is 12.6 Å². The molecule has 0 aliphatic carbocycles. The molecule has 2 aromatic rings. The molecule has 1 aliphatic rings. The van der Waals surface area contributed by atoms with Gasteiger partial charge in [-0.25, -0.2) is 0 Å². The summed E-state index contributed by atoms with van der Waals surface area (Å²) >= 11 is 0. The number of esters is 1. The molecule has 31 heavy (non-hydrogen) atoms. The van der Waals surface area contributed by atoms with E-state index in [1.807, 2.05) is 31.2 Å². The quantitative estimate of drug-likeness (QED) is 0.269. The van der Waals surface area contributed by atoms with Crippen molar-refractivity contribution in [1.82, 2.24) is 0 Å². The molecule has 0 N–H and O–H groups in total. The second-order valence-corrected chi connectivity index (χ2v) is 8.57. The van der Waals surface area contributed by atoms with Crippen molar-refractivity contribution in [3.63, 3.8) is 0 Å². The molecule has 1 aliphatic heterocycles. The number of benzene rings is 2. The van der Waals surface area contributed by atoms with E-state index in [-0.39, 0.29) is 11.9 Å². The summed E-state index contributed by atoms with van der Waals surface area (Å²) in [4.78, 5) is 13.1. The van der Waals surface area contributed by atoms with Gasteiger partial charge in [0.25, 0.3) is 0 Å². The summed E-state index contributed by atoms with van der Waals surface area (Å²) in [6, 6.07) is 10.1. The van der Waals surface area contributed by atoms with Gasteiger partial charge < -0.3 is 9.47 Å². The first-order valence-electron chi connectivity index (χ1n) is 12.3. The molecule has 1 unspecified atom stereocenters. The lowest BCUT2D eigenvalue weighted by Crippen LogP contribution is -2.13. The van der Waals surface area contributed by atoms with Gasteiger partial charge >= 0.3 is 5.97 Å². The van der Waals surface area contributed by atoms with E-state index in [0.717, 1.165) is 54.7 Å². The first kappa shape index (κ1) is 23.4. The second-order valence-electron chi connectivity index (χ2n) is 8.57. The van der Waals surface area contributed by atoms with Crippen LogP contribution in [0.25, 0.3) is 0 Å². The van der Waals surface area contributed by atoms with Gasteiger partial charge in [0.1, 0.15) is 17.4 Å². The number of aryl methyl sites for hydroxylation is 1. The Hall–Kier alpha value is -2.29. The lowest BCUT2D eigenvalue weighted by Gasteiger charge is -2.21. The SMILES string of the molecule is CCCCc1cc2c(c(CCCC)c1CCCC)C(c1ccc(OCC)cc1)C(=O)O2. The van der Waals surface area contributed by atoms with Crippen LogP contribution in [-0.2, 0) is 24.1 Å². The number of hydrogen-bond donors (Lipinski definition) is 0. The van der Waals surface area contributed by atoms with E-state index >= 15 is 0 Å². The average molecular weight is 423 g/mol. The molecule has 0 saturated carbocycles. The van der Waals surface area contributed by atoms with E-state index < -0.39 is 0 Å². The molecule has 1 heterocycles. The summed E-state index contributed by atoms with van der Waals surface area (Å²) < 4.78 is 11.5. The number of rotatable bonds is 12. The van der Waals surface area contributed by atoms with Crippen LogP contribution in [0.2, 0.25) is 0 Å². The molecule has 0 bridgehead atoms. The van der Waals surface area contributed by atoms with Crippen molar-refractivity contribution in [3.8, 4) is 11.5 Å². The van der Waals surface area contributed by atoms with Crippen LogP contribution in [0.15, 0.2) is 30.3 Å². The molecule has 3 rings (SSSR count). The fourth-order valence-corrected chi connectivity index (χ4v) is 4.63. The van der Waals surface area contributed by atoms with Crippen LogP contribution < -0.4 is 9.47 Å². The molecule has 0 aromatic heterocycles. The highest BCUT2D eigenvalue weighted by molar-refractivity contribution is 5.90. The van der Waals surface area contributed by atoms with Crippen LogP contribution in [0, 0.1) is 0 Å². The van der Waals surface area contributed by atoms with Gasteiger partial charge in [-0.05, 0) is 85.9 Å². The Kier molecular flexibility index (Phi) is 8.57. The van der Waals surface area contributed by atoms with E-state index in [4.69, 9.17) is 9.47 Å². The van der Waals surface area contributed by atoms with Gasteiger partial charge in [0, 0.05) is 5.56 Å². The van der Waals surface area contributed by atoms with E-state index in [0.29, 0.717) is 6.61 Å². The standard InChI is InChI=1S/C28H38O3/c1-5-9-12-21-19-25-27(24(14-11-7-3)23(21)13-10-6-2)26(28(29)31-25)20-15-17-22(18-16-20)30-8-4/h15-19,26H,5-14H2,1-4H3. The highest BCUT2D eigenvalue weighted by atomic mass is 16.5. The predicted octanol–water partition coefficient (Wildman–Crippen LogP) is 7.16. The highest BCUT2D eigenvalue weighted by Crippen LogP contribution is 2.45. The van der Waals surface area contributed by atoms with E-state index in [1.54, 1.807) is 0 Å². The zero-order valence-corrected chi connectivity index (χ0v) is 19.8. The molecule has 3 heteroatoms. The van der Waals surface area contributed by atoms with Gasteiger partial charge in [0.15, 0.2) is 0 Å². The Morgan fingerprint density at radius 3 is 2.06 bits per heavy atom. The van der Waals surface area contributed by atoms with Crippen molar-refractivity contribution in [3.05, 3.63) is 58.1 Å². The van der Waals surface area contributed by atoms with Crippen LogP contribution in [0.5, 0.6) is 11.5 Å². The summed E-state index contributed by atoms with van der Waals surface area (Å²) in [5.41, 5.74) is 6.36. The Balaban J connectivity index is 2.11. The number of ether oxygens (including phenoxy) is 2. The smallest absolute Gasteiger partial charge is 0.323 e. The van der Waals surface area contributed by atoms with Crippen molar-refractivity contribution in [2.45, 2.75) is 91.4 Å². The van der Waals surface area contributed by atoms with Crippen molar-refractivity contribution in [2.75, 3.05) is 6.61 Å². The van der Waals surface area contributed by atoms with Crippen LogP contribution >= 0.6 is 0 Å². The monoisotopic (exact) mass is 422 g/mol. The number of carbonyl (C=O) groups is 1. The minimum atomic E-state index is -0.335. The van der Waals surface area contributed by atoms with Gasteiger partial charge in [-0.2, -0.15) is 0 Å². The first-order chi connectivity index (χ1) is 15.1. The Morgan fingerprint density at radius 2 is 1.45 bits per heavy atom. The number of unbranched alkanes of at least 4 members (excludes halogenated alkanes) is 3. The lowest BCUT2D eigenvalue weighted by atomic mass is 9.81. The van der Waals surface area contributed by atoms with Gasteiger partial charge in [0.2, 0.25) is 0 Å². The summed E-state index contributed by atoms with van der Waals surface area (Å²) in [5.74, 6) is 1.15. The molecule has 1 atom stereocenters. The molecule has 0 amide bonds. The van der Waals surface area contributed by atoms with Crippen molar-refractivity contribution < 1.29 is 14.3 Å². The van der Waals surface area contributed by atoms with Gasteiger partial charge in [-0.1, -0.05) is 52.2 Å². The zero-order chi connectivity index (χ0) is 22.2. The summed E-state index contributed by atoms with van der Waals surface area (Å²) in [5, 5.41) is 0. The third-order valence-electron chi connectivity index (χ3n) is 6.27. The Morgan fingerprint density at radius 1 is 0.839 bits per heavy atom. The van der Waals surface area contributed by atoms with Gasteiger partial charge in [-0.3, -0.25) is 4.79 Å². The molecule has 2 aromatic carbocycles. The maximum absolute atomic E-state index is 13.1. The first-order valence-corrected chi connectivity index (χ1v) is 12.3. The number of fused-ring (bicyclic) bond motifs is 1. The third kappa shape index (κ3) is 5.31. The van der Waals surface area contributed by atoms with E-state index in [1.165, 1.54) is 42.4 Å². The maximum Gasteiger partial charge on any atom is 0.323 e. The molecular formula is C28H38O3. The van der Waals surface area contributed by atoms with E-state index in [9.17, 15) is 4.79 Å². The normalized spacial score (nSPS) is 15.1. The average Bonchev–Trinajstić information content (AvgIpc) is 3.11. The molecule has 0 spiro atoms. The second kappa shape index (κ2) is 11.4. The minimum Gasteiger partial charge on any atom is -0.494 e. The summed E-state index contributed by atoms with van der Waals surface area (Å²) in [6.07, 6.45) is 10.1. The zero-order valence-electron chi connectivity index (χ0n) is 19.8. The minimum absolute atomic E-state index is 0.147. The molecule has 0 radical (unpaired) electrons. The predicted molar refractivity (Wildman–Crippen MR) is 127 cm³/mol. The van der Waals surface area contributed by atoms with Crippen LogP contribution in [0.4, 0.5) is 0 Å². The maximum atomic E-state index is 13.1. The molecule has 168 valence electrons. The Labute approximate surface area is 188 Å². The van der Waals surface area contributed by atoms with Crippen molar-refractivity contribution >= 4 is 5.97 Å². The Bertz CT molecular complexity index is 867. The fraction of sp³-hybridized carbons (Fsp3) is 0.536. The number of hydrogen-bond acceptors (Lipinski definition) is 3. The highest BCUT2D eigenvalue weighted by Gasteiger charge is 2.38. The molecular weight excluding hydrogens is 384 g/mol. The molecule has 0 fully saturated rings. The van der Waals surface area contributed by atoms with Crippen LogP contribution in [0.1, 0.15) is 100.0 Å². The van der Waals surface area contributed by atoms with E-state index in [2.05, 4.69) is 26.8 Å². The van der Waals surface area contributed by atoms with Crippen LogP contribution in [0.3, 0.4) is 0 Å². The van der Waals surface area contributed by atoms with Crippen molar-refractivity contribution in [2.24, 2.45) is 0 Å². The third-order valence-corrected chi connectivity index (χ3v) is 6.27. The molecule has 0 saturated heterocycles. The largest absolute Gasteiger partial charge is 0.494 e. The summed E-state index contributed by atoms with van der Waals surface area (Å²) in [6.45, 7) is 9.33. The topological polar surface area (TPSA) is 35.5 Å². The van der Waals surface area contributed by atoms with Crippen molar-refractivity contribution in [1.29, 1.82) is 0 Å². The van der Waals surface area contributed by atoms with Gasteiger partial charge in [-0.15, -0.1) is 0 Å². The molecule has 3 nitrogen and oxygen atoms in total.